The minimum Gasteiger partial charge on any atom is -0.309 e. The molecule has 7 heteroatoms. The molecule has 0 unspecified atom stereocenters. The van der Waals surface area contributed by atoms with Gasteiger partial charge in [0.25, 0.3) is 0 Å². The van der Waals surface area contributed by atoms with Crippen molar-refractivity contribution in [3.8, 4) is 56.1 Å². The quantitative estimate of drug-likeness (QED) is 0.160. The first kappa shape index (κ1) is 47.2. The summed E-state index contributed by atoms with van der Waals surface area (Å²) in [4.78, 5) is 18.8. The molecule has 0 amide bonds. The fourth-order valence-corrected chi connectivity index (χ4v) is 14.5. The molecule has 390 valence electrons. The largest absolute Gasteiger partial charge is 0.309 e. The SMILES string of the molecule is Cc1cc(-c2cc(=O)sc3ccc(-n4c5ccccc5c5cc(-c6ccc(-n7c8ccccc8c8ccccc87)cc6)ccc54)c(-n4c5ccccc5c5cc(-c6ccc(-n7c8ccccc8c8ccccc87)cc6)ccc54)c23)cc(C)n1. The molecule has 6 aromatic heterocycles. The molecule has 83 heavy (non-hydrogen) atoms. The van der Waals surface area contributed by atoms with Crippen molar-refractivity contribution in [2.24, 2.45) is 0 Å². The van der Waals surface area contributed by atoms with E-state index in [1.54, 1.807) is 0 Å². The Labute approximate surface area is 480 Å². The average molecular weight is 1080 g/mol. The highest BCUT2D eigenvalue weighted by atomic mass is 32.1. The van der Waals surface area contributed by atoms with Gasteiger partial charge in [0.2, 0.25) is 4.74 Å². The zero-order valence-electron chi connectivity index (χ0n) is 45.4. The molecular weight excluding hydrogens is 1030 g/mol. The lowest BCUT2D eigenvalue weighted by molar-refractivity contribution is 1.11. The summed E-state index contributed by atoms with van der Waals surface area (Å²) in [5.41, 5.74) is 21.6. The van der Waals surface area contributed by atoms with E-state index < -0.39 is 0 Å². The highest BCUT2D eigenvalue weighted by Gasteiger charge is 2.25. The summed E-state index contributed by atoms with van der Waals surface area (Å²) in [5.74, 6) is 0. The van der Waals surface area contributed by atoms with Crippen LogP contribution in [-0.2, 0) is 0 Å². The molecule has 6 nitrogen and oxygen atoms in total. The van der Waals surface area contributed by atoms with Crippen LogP contribution in [0, 0.1) is 13.8 Å². The summed E-state index contributed by atoms with van der Waals surface area (Å²) in [6.07, 6.45) is 0. The van der Waals surface area contributed by atoms with Gasteiger partial charge >= 0.3 is 0 Å². The lowest BCUT2D eigenvalue weighted by Crippen LogP contribution is -2.06. The summed E-state index contributed by atoms with van der Waals surface area (Å²) in [7, 11) is 0. The number of hydrogen-bond acceptors (Lipinski definition) is 3. The third kappa shape index (κ3) is 7.21. The molecule has 0 bridgehead atoms. The first-order valence-corrected chi connectivity index (χ1v) is 29.0. The summed E-state index contributed by atoms with van der Waals surface area (Å²) in [5, 5.41) is 10.6. The van der Waals surface area contributed by atoms with Gasteiger partial charge in [-0.25, -0.2) is 0 Å². The summed E-state index contributed by atoms with van der Waals surface area (Å²) < 4.78 is 10.6. The predicted octanol–water partition coefficient (Wildman–Crippen LogP) is 19.7. The zero-order chi connectivity index (χ0) is 55.0. The molecule has 17 aromatic rings. The van der Waals surface area contributed by atoms with Crippen LogP contribution in [0.4, 0.5) is 0 Å². The molecule has 0 fully saturated rings. The zero-order valence-corrected chi connectivity index (χ0v) is 46.2. The van der Waals surface area contributed by atoms with Gasteiger partial charge in [0.15, 0.2) is 0 Å². The summed E-state index contributed by atoms with van der Waals surface area (Å²) in [6.45, 7) is 4.06. The van der Waals surface area contributed by atoms with Gasteiger partial charge in [-0.05, 0) is 156 Å². The van der Waals surface area contributed by atoms with Crippen LogP contribution in [0.5, 0.6) is 0 Å². The Morgan fingerprint density at radius 3 is 1.12 bits per heavy atom. The average Bonchev–Trinajstić information content (AvgIpc) is 2.37. The molecule has 0 radical (unpaired) electrons. The van der Waals surface area contributed by atoms with Gasteiger partial charge in [-0.3, -0.25) is 9.78 Å². The van der Waals surface area contributed by atoms with Crippen molar-refractivity contribution in [2.45, 2.75) is 13.8 Å². The van der Waals surface area contributed by atoms with E-state index in [0.717, 1.165) is 121 Å². The first-order valence-electron chi connectivity index (χ1n) is 28.2. The van der Waals surface area contributed by atoms with Crippen LogP contribution >= 0.6 is 11.3 Å². The predicted molar refractivity (Wildman–Crippen MR) is 349 cm³/mol. The van der Waals surface area contributed by atoms with Gasteiger partial charge in [0, 0.05) is 82.0 Å². The van der Waals surface area contributed by atoms with E-state index in [9.17, 15) is 4.79 Å². The first-order chi connectivity index (χ1) is 40.9. The Morgan fingerprint density at radius 2 is 0.675 bits per heavy atom. The Balaban J connectivity index is 0.867. The van der Waals surface area contributed by atoms with Gasteiger partial charge in [0.1, 0.15) is 0 Å². The number of pyridine rings is 1. The van der Waals surface area contributed by atoms with Gasteiger partial charge < -0.3 is 18.3 Å². The Bertz CT molecular complexity index is 5490. The highest BCUT2D eigenvalue weighted by Crippen LogP contribution is 2.46. The molecule has 0 saturated carbocycles. The van der Waals surface area contributed by atoms with Gasteiger partial charge in [-0.15, -0.1) is 0 Å². The highest BCUT2D eigenvalue weighted by molar-refractivity contribution is 7.16. The van der Waals surface area contributed by atoms with Gasteiger partial charge in [-0.1, -0.05) is 157 Å². The maximum Gasteiger partial charge on any atom is 0.233 e. The lowest BCUT2D eigenvalue weighted by atomic mass is 9.99. The van der Waals surface area contributed by atoms with Crippen LogP contribution in [-0.4, -0.2) is 23.3 Å². The van der Waals surface area contributed by atoms with E-state index in [4.69, 9.17) is 4.98 Å². The molecule has 0 aliphatic heterocycles. The number of rotatable bonds is 7. The fraction of sp³-hybridized carbons (Fsp3) is 0.0263. The molecule has 11 aromatic carbocycles. The number of nitrogens with zero attached hydrogens (tertiary/aromatic N) is 5. The maximum absolute atomic E-state index is 14.0. The molecule has 0 spiro atoms. The van der Waals surface area contributed by atoms with Crippen LogP contribution in [0.15, 0.2) is 266 Å². The molecule has 0 atom stereocenters. The van der Waals surface area contributed by atoms with Crippen molar-refractivity contribution in [1.82, 2.24) is 23.3 Å². The van der Waals surface area contributed by atoms with Crippen LogP contribution in [0.2, 0.25) is 0 Å². The smallest absolute Gasteiger partial charge is 0.233 e. The number of aromatic nitrogens is 5. The molecule has 0 saturated heterocycles. The van der Waals surface area contributed by atoms with Gasteiger partial charge in [0.05, 0.1) is 55.5 Å². The second kappa shape index (κ2) is 18.2. The summed E-state index contributed by atoms with van der Waals surface area (Å²) in [6, 6.07) is 94.6. The van der Waals surface area contributed by atoms with Crippen LogP contribution in [0.1, 0.15) is 11.4 Å². The van der Waals surface area contributed by atoms with Crippen LogP contribution in [0.25, 0.3) is 153 Å². The van der Waals surface area contributed by atoms with Crippen molar-refractivity contribution in [3.63, 3.8) is 0 Å². The second-order valence-corrected chi connectivity index (χ2v) is 23.0. The standard InChI is InChI=1S/C76H49N5OS/c1-46-41-52(42-47(2)77-46)61-45-74(82)83-73-40-39-72(80-68-25-13-7-19-59(68)62-43-50(31-37-70(62)80)48-27-33-53(34-28-48)78-64-21-9-3-15-55(64)56-16-4-10-22-65(56)78)76(75(61)73)81-69-26-14-8-20-60(69)63-44-51(32-38-71(63)81)49-29-35-54(36-30-49)79-66-23-11-5-17-57(66)58-18-6-12-24-67(58)79/h3-45H,1-2H3. The Hall–Kier alpha value is -10.6. The van der Waals surface area contributed by atoms with Crippen molar-refractivity contribution in [2.75, 3.05) is 0 Å². The lowest BCUT2D eigenvalue weighted by Gasteiger charge is -2.21. The number of para-hydroxylation sites is 6. The minimum absolute atomic E-state index is 0.00170. The third-order valence-electron chi connectivity index (χ3n) is 17.1. The molecule has 17 rings (SSSR count). The monoisotopic (exact) mass is 1080 g/mol. The van der Waals surface area contributed by atoms with Gasteiger partial charge in [-0.2, -0.15) is 0 Å². The third-order valence-corrected chi connectivity index (χ3v) is 18.0. The fourth-order valence-electron chi connectivity index (χ4n) is 13.7. The Morgan fingerprint density at radius 1 is 0.313 bits per heavy atom. The van der Waals surface area contributed by atoms with Crippen LogP contribution < -0.4 is 4.74 Å². The van der Waals surface area contributed by atoms with E-state index in [1.807, 2.05) is 19.9 Å². The molecule has 0 N–H and O–H groups in total. The molecule has 0 aliphatic rings. The van der Waals surface area contributed by atoms with Crippen molar-refractivity contribution in [3.05, 3.63) is 282 Å². The molecule has 6 heterocycles. The number of fused-ring (bicyclic) bond motifs is 13. The second-order valence-electron chi connectivity index (χ2n) is 21.9. The molecule has 0 aliphatic carbocycles. The van der Waals surface area contributed by atoms with E-state index in [1.165, 1.54) is 54.9 Å². The summed E-state index contributed by atoms with van der Waals surface area (Å²) >= 11 is 1.30. The van der Waals surface area contributed by atoms with E-state index in [-0.39, 0.29) is 4.74 Å². The Kier molecular flexibility index (Phi) is 10.4. The number of aryl methyl sites for hydroxylation is 2. The topological polar surface area (TPSA) is 49.7 Å². The number of hydrogen-bond donors (Lipinski definition) is 0. The van der Waals surface area contributed by atoms with E-state index >= 15 is 0 Å². The minimum atomic E-state index is 0.00170. The van der Waals surface area contributed by atoms with E-state index in [0.29, 0.717) is 0 Å². The van der Waals surface area contributed by atoms with Crippen molar-refractivity contribution in [1.29, 1.82) is 0 Å². The van der Waals surface area contributed by atoms with E-state index in [2.05, 4.69) is 273 Å². The number of benzene rings is 11. The normalized spacial score (nSPS) is 12.0. The maximum atomic E-state index is 14.0. The van der Waals surface area contributed by atoms with Crippen molar-refractivity contribution >= 4 is 109 Å². The van der Waals surface area contributed by atoms with Crippen LogP contribution in [0.3, 0.4) is 0 Å². The molecular formula is C76H49N5OS. The van der Waals surface area contributed by atoms with Crippen molar-refractivity contribution < 1.29 is 0 Å².